The summed E-state index contributed by atoms with van der Waals surface area (Å²) in [5.74, 6) is 0.416. The number of hydrogen-bond acceptors (Lipinski definition) is 6. The maximum atomic E-state index is 11.4. The van der Waals surface area contributed by atoms with Crippen molar-refractivity contribution in [2.24, 2.45) is 0 Å². The fourth-order valence-corrected chi connectivity index (χ4v) is 1.97. The molecule has 0 aliphatic heterocycles. The second-order valence-electron chi connectivity index (χ2n) is 5.35. The summed E-state index contributed by atoms with van der Waals surface area (Å²) in [6.45, 7) is 8.11. The normalized spacial score (nSPS) is 15.1. The zero-order chi connectivity index (χ0) is 14.9. The summed E-state index contributed by atoms with van der Waals surface area (Å²) in [4.78, 5) is 11.4. The second-order valence-corrected chi connectivity index (χ2v) is 6.38. The Balaban J connectivity index is 3.63. The standard InChI is InChI=1S/C13H26O5S/c1-10(6-16-5)17-7-11(14)8-19-9-12(15)18-13(2,3)4/h10-11,14H,6-9H2,1-5H3. The molecule has 0 aromatic heterocycles. The van der Waals surface area contributed by atoms with E-state index in [2.05, 4.69) is 0 Å². The molecule has 19 heavy (non-hydrogen) atoms. The number of rotatable bonds is 9. The average molecular weight is 294 g/mol. The van der Waals surface area contributed by atoms with Gasteiger partial charge in [0.25, 0.3) is 0 Å². The van der Waals surface area contributed by atoms with Crippen molar-refractivity contribution >= 4 is 17.7 Å². The molecule has 0 heterocycles. The van der Waals surface area contributed by atoms with Crippen LogP contribution >= 0.6 is 11.8 Å². The Morgan fingerprint density at radius 3 is 2.47 bits per heavy atom. The number of aliphatic hydroxyl groups excluding tert-OH is 1. The van der Waals surface area contributed by atoms with Crippen molar-refractivity contribution in [2.45, 2.75) is 45.5 Å². The van der Waals surface area contributed by atoms with Crippen LogP contribution in [0.25, 0.3) is 0 Å². The van der Waals surface area contributed by atoms with Crippen LogP contribution in [-0.2, 0) is 19.0 Å². The molecule has 0 spiro atoms. The molecule has 0 aromatic carbocycles. The van der Waals surface area contributed by atoms with Crippen LogP contribution < -0.4 is 0 Å². The molecule has 0 aliphatic carbocycles. The molecule has 0 aromatic rings. The third-order valence-corrected chi connectivity index (χ3v) is 2.98. The SMILES string of the molecule is COCC(C)OCC(O)CSCC(=O)OC(C)(C)C. The Labute approximate surface area is 120 Å². The van der Waals surface area contributed by atoms with E-state index in [1.165, 1.54) is 11.8 Å². The Bertz CT molecular complexity index is 252. The number of methoxy groups -OCH3 is 1. The Morgan fingerprint density at radius 1 is 1.32 bits per heavy atom. The van der Waals surface area contributed by atoms with E-state index < -0.39 is 11.7 Å². The molecule has 0 saturated heterocycles. The van der Waals surface area contributed by atoms with Crippen LogP contribution in [0.2, 0.25) is 0 Å². The Hall–Kier alpha value is -0.300. The van der Waals surface area contributed by atoms with Gasteiger partial charge in [0.05, 0.1) is 31.2 Å². The van der Waals surface area contributed by atoms with Crippen LogP contribution in [-0.4, -0.2) is 60.7 Å². The number of carbonyl (C=O) groups is 1. The van der Waals surface area contributed by atoms with Gasteiger partial charge >= 0.3 is 5.97 Å². The van der Waals surface area contributed by atoms with Crippen molar-refractivity contribution in [1.82, 2.24) is 0 Å². The lowest BCUT2D eigenvalue weighted by Crippen LogP contribution is -2.27. The number of hydrogen-bond donors (Lipinski definition) is 1. The predicted octanol–water partition coefficient (Wildman–Crippen LogP) is 1.47. The van der Waals surface area contributed by atoms with Crippen molar-refractivity contribution in [3.63, 3.8) is 0 Å². The molecular weight excluding hydrogens is 268 g/mol. The predicted molar refractivity (Wildman–Crippen MR) is 76.5 cm³/mol. The zero-order valence-corrected chi connectivity index (χ0v) is 13.3. The first-order valence-corrected chi connectivity index (χ1v) is 7.48. The number of carbonyl (C=O) groups excluding carboxylic acids is 1. The van der Waals surface area contributed by atoms with Crippen LogP contribution in [0.15, 0.2) is 0 Å². The second kappa shape index (κ2) is 9.58. The van der Waals surface area contributed by atoms with Crippen molar-refractivity contribution in [3.8, 4) is 0 Å². The summed E-state index contributed by atoms with van der Waals surface area (Å²) in [6, 6.07) is 0. The Kier molecular flexibility index (Phi) is 9.43. The molecule has 0 radical (unpaired) electrons. The van der Waals surface area contributed by atoms with Gasteiger partial charge in [0.15, 0.2) is 0 Å². The quantitative estimate of drug-likeness (QED) is 0.650. The molecular formula is C13H26O5S. The smallest absolute Gasteiger partial charge is 0.316 e. The van der Waals surface area contributed by atoms with E-state index in [9.17, 15) is 9.90 Å². The van der Waals surface area contributed by atoms with Crippen LogP contribution in [0.4, 0.5) is 0 Å². The van der Waals surface area contributed by atoms with Gasteiger partial charge in [0.1, 0.15) is 5.60 Å². The van der Waals surface area contributed by atoms with Gasteiger partial charge in [-0.15, -0.1) is 11.8 Å². The number of ether oxygens (including phenoxy) is 3. The maximum Gasteiger partial charge on any atom is 0.316 e. The van der Waals surface area contributed by atoms with E-state index >= 15 is 0 Å². The Morgan fingerprint density at radius 2 is 1.95 bits per heavy atom. The minimum Gasteiger partial charge on any atom is -0.459 e. The largest absolute Gasteiger partial charge is 0.459 e. The van der Waals surface area contributed by atoms with E-state index in [1.807, 2.05) is 27.7 Å². The molecule has 6 heteroatoms. The summed E-state index contributed by atoms with van der Waals surface area (Å²) >= 11 is 1.34. The molecule has 0 amide bonds. The summed E-state index contributed by atoms with van der Waals surface area (Å²) < 4.78 is 15.5. The maximum absolute atomic E-state index is 11.4. The first kappa shape index (κ1) is 18.7. The van der Waals surface area contributed by atoms with Gasteiger partial charge in [-0.3, -0.25) is 4.79 Å². The van der Waals surface area contributed by atoms with Crippen LogP contribution in [0, 0.1) is 0 Å². The summed E-state index contributed by atoms with van der Waals surface area (Å²) in [5, 5.41) is 9.67. The monoisotopic (exact) mass is 294 g/mol. The molecule has 0 bridgehead atoms. The van der Waals surface area contributed by atoms with Crippen LogP contribution in [0.5, 0.6) is 0 Å². The van der Waals surface area contributed by atoms with Crippen molar-refractivity contribution in [2.75, 3.05) is 31.8 Å². The highest BCUT2D eigenvalue weighted by molar-refractivity contribution is 7.99. The van der Waals surface area contributed by atoms with Crippen LogP contribution in [0.3, 0.4) is 0 Å². The van der Waals surface area contributed by atoms with Gasteiger partial charge in [-0.05, 0) is 27.7 Å². The van der Waals surface area contributed by atoms with Gasteiger partial charge < -0.3 is 19.3 Å². The highest BCUT2D eigenvalue weighted by atomic mass is 32.2. The van der Waals surface area contributed by atoms with E-state index in [0.717, 1.165) is 0 Å². The average Bonchev–Trinajstić information content (AvgIpc) is 2.24. The third kappa shape index (κ3) is 12.5. The minimum absolute atomic E-state index is 0.0458. The lowest BCUT2D eigenvalue weighted by molar-refractivity contribution is -0.151. The van der Waals surface area contributed by atoms with E-state index in [-0.39, 0.29) is 24.4 Å². The lowest BCUT2D eigenvalue weighted by Gasteiger charge is -2.19. The molecule has 114 valence electrons. The first-order valence-electron chi connectivity index (χ1n) is 6.32. The molecule has 5 nitrogen and oxygen atoms in total. The van der Waals surface area contributed by atoms with Crippen LogP contribution in [0.1, 0.15) is 27.7 Å². The summed E-state index contributed by atoms with van der Waals surface area (Å²) in [7, 11) is 1.60. The highest BCUT2D eigenvalue weighted by Crippen LogP contribution is 2.11. The minimum atomic E-state index is -0.591. The molecule has 2 unspecified atom stereocenters. The first-order chi connectivity index (χ1) is 8.74. The van der Waals surface area contributed by atoms with Gasteiger partial charge in [0.2, 0.25) is 0 Å². The topological polar surface area (TPSA) is 65.0 Å². The van der Waals surface area contributed by atoms with E-state index in [1.54, 1.807) is 7.11 Å². The molecule has 0 aliphatic rings. The third-order valence-electron chi connectivity index (χ3n) is 1.92. The van der Waals surface area contributed by atoms with Crippen molar-refractivity contribution in [3.05, 3.63) is 0 Å². The number of esters is 1. The van der Waals surface area contributed by atoms with Gasteiger partial charge in [-0.2, -0.15) is 0 Å². The lowest BCUT2D eigenvalue weighted by atomic mass is 10.2. The highest BCUT2D eigenvalue weighted by Gasteiger charge is 2.16. The number of thioether (sulfide) groups is 1. The fraction of sp³-hybridized carbons (Fsp3) is 0.923. The van der Waals surface area contributed by atoms with Gasteiger partial charge in [-0.25, -0.2) is 0 Å². The molecule has 2 atom stereocenters. The molecule has 0 rings (SSSR count). The summed E-state index contributed by atoms with van der Waals surface area (Å²) in [6.07, 6.45) is -0.637. The fourth-order valence-electron chi connectivity index (χ4n) is 1.26. The van der Waals surface area contributed by atoms with E-state index in [0.29, 0.717) is 12.4 Å². The zero-order valence-electron chi connectivity index (χ0n) is 12.5. The summed E-state index contributed by atoms with van der Waals surface area (Å²) in [5.41, 5.74) is -0.463. The van der Waals surface area contributed by atoms with E-state index in [4.69, 9.17) is 14.2 Å². The van der Waals surface area contributed by atoms with Crippen molar-refractivity contribution in [1.29, 1.82) is 0 Å². The molecule has 0 saturated carbocycles. The number of aliphatic hydroxyl groups is 1. The van der Waals surface area contributed by atoms with Gasteiger partial charge in [0, 0.05) is 12.9 Å². The van der Waals surface area contributed by atoms with Gasteiger partial charge in [-0.1, -0.05) is 0 Å². The van der Waals surface area contributed by atoms with Crippen molar-refractivity contribution < 1.29 is 24.1 Å². The molecule has 0 fully saturated rings. The molecule has 1 N–H and O–H groups in total.